The molecule has 7 heteroatoms. The summed E-state index contributed by atoms with van der Waals surface area (Å²) in [6.07, 6.45) is -0.691. The maximum Gasteiger partial charge on any atom is 0.234 e. The van der Waals surface area contributed by atoms with Gasteiger partial charge in [0.25, 0.3) is 0 Å². The van der Waals surface area contributed by atoms with Crippen molar-refractivity contribution in [2.75, 3.05) is 20.1 Å². The predicted octanol–water partition coefficient (Wildman–Crippen LogP) is 1.19. The van der Waals surface area contributed by atoms with E-state index in [9.17, 15) is 9.90 Å². The Balaban J connectivity index is 0.00000225. The number of rotatable bonds is 5. The lowest BCUT2D eigenvalue weighted by Crippen LogP contribution is -2.34. The van der Waals surface area contributed by atoms with E-state index in [4.69, 9.17) is 11.6 Å². The van der Waals surface area contributed by atoms with Crippen LogP contribution in [0.4, 0.5) is 0 Å². The number of aliphatic hydroxyl groups excluding tert-OH is 1. The van der Waals surface area contributed by atoms with E-state index < -0.39 is 6.10 Å². The van der Waals surface area contributed by atoms with Crippen molar-refractivity contribution in [3.63, 3.8) is 0 Å². The van der Waals surface area contributed by atoms with Gasteiger partial charge in [0.1, 0.15) is 6.10 Å². The highest BCUT2D eigenvalue weighted by atomic mass is 35.5. The molecule has 1 atom stereocenters. The van der Waals surface area contributed by atoms with Gasteiger partial charge in [-0.25, -0.2) is 0 Å². The number of carbonyl (C=O) groups is 1. The first-order chi connectivity index (χ1) is 7.13. The first-order valence-electron chi connectivity index (χ1n) is 4.48. The summed E-state index contributed by atoms with van der Waals surface area (Å²) in [6, 6.07) is 3.47. The SMILES string of the molecule is CNCC(=O)NCC(O)c1ccc(Cl)s1.Cl. The van der Waals surface area contributed by atoms with Gasteiger partial charge in [-0.3, -0.25) is 4.79 Å². The molecule has 1 rings (SSSR count). The van der Waals surface area contributed by atoms with E-state index in [0.717, 1.165) is 4.88 Å². The Bertz CT molecular complexity index is 333. The smallest absolute Gasteiger partial charge is 0.234 e. The molecule has 0 spiro atoms. The number of thiophene rings is 1. The average molecular weight is 285 g/mol. The van der Waals surface area contributed by atoms with Gasteiger partial charge in [-0.05, 0) is 19.2 Å². The van der Waals surface area contributed by atoms with Crippen LogP contribution >= 0.6 is 35.3 Å². The fourth-order valence-electron chi connectivity index (χ4n) is 1.04. The maximum atomic E-state index is 11.1. The third-order valence-corrected chi connectivity index (χ3v) is 3.08. The molecule has 0 radical (unpaired) electrons. The van der Waals surface area contributed by atoms with Gasteiger partial charge < -0.3 is 15.7 Å². The molecule has 0 fully saturated rings. The molecular formula is C9H14Cl2N2O2S. The van der Waals surface area contributed by atoms with Crippen LogP contribution in [-0.2, 0) is 4.79 Å². The van der Waals surface area contributed by atoms with E-state index in [0.29, 0.717) is 4.34 Å². The summed E-state index contributed by atoms with van der Waals surface area (Å²) < 4.78 is 0.630. The van der Waals surface area contributed by atoms with Crippen LogP contribution in [0.5, 0.6) is 0 Å². The predicted molar refractivity (Wildman–Crippen MR) is 68.5 cm³/mol. The van der Waals surface area contributed by atoms with Crippen LogP contribution in [0.15, 0.2) is 12.1 Å². The molecule has 3 N–H and O–H groups in total. The maximum absolute atomic E-state index is 11.1. The van der Waals surface area contributed by atoms with Crippen molar-refractivity contribution < 1.29 is 9.90 Å². The molecule has 4 nitrogen and oxygen atoms in total. The Morgan fingerprint density at radius 3 is 2.81 bits per heavy atom. The second-order valence-electron chi connectivity index (χ2n) is 2.99. The van der Waals surface area contributed by atoms with Crippen molar-refractivity contribution in [2.24, 2.45) is 0 Å². The van der Waals surface area contributed by atoms with Gasteiger partial charge in [0, 0.05) is 11.4 Å². The number of hydrogen-bond donors (Lipinski definition) is 3. The van der Waals surface area contributed by atoms with Crippen molar-refractivity contribution in [3.05, 3.63) is 21.3 Å². The Morgan fingerprint density at radius 2 is 2.31 bits per heavy atom. The minimum absolute atomic E-state index is 0. The quantitative estimate of drug-likeness (QED) is 0.761. The topological polar surface area (TPSA) is 61.4 Å². The van der Waals surface area contributed by atoms with Crippen LogP contribution in [0, 0.1) is 0 Å². The van der Waals surface area contributed by atoms with Gasteiger partial charge in [0.05, 0.1) is 10.9 Å². The molecule has 1 unspecified atom stereocenters. The van der Waals surface area contributed by atoms with Crippen LogP contribution in [-0.4, -0.2) is 31.2 Å². The number of nitrogens with one attached hydrogen (secondary N) is 2. The highest BCUT2D eigenvalue weighted by Gasteiger charge is 2.11. The van der Waals surface area contributed by atoms with E-state index in [1.165, 1.54) is 11.3 Å². The summed E-state index contributed by atoms with van der Waals surface area (Å²) in [5, 5.41) is 15.0. The van der Waals surface area contributed by atoms with Gasteiger partial charge >= 0.3 is 0 Å². The number of aliphatic hydroxyl groups is 1. The monoisotopic (exact) mass is 284 g/mol. The lowest BCUT2D eigenvalue weighted by Gasteiger charge is -2.09. The largest absolute Gasteiger partial charge is 0.386 e. The molecule has 1 amide bonds. The molecular weight excluding hydrogens is 271 g/mol. The number of hydrogen-bond acceptors (Lipinski definition) is 4. The number of amides is 1. The van der Waals surface area contributed by atoms with Crippen LogP contribution in [0.2, 0.25) is 4.34 Å². The standard InChI is InChI=1S/C9H13ClN2O2S.ClH/c1-11-5-9(14)12-4-6(13)7-2-3-8(10)15-7;/h2-3,6,11,13H,4-5H2,1H3,(H,12,14);1H. The van der Waals surface area contributed by atoms with Crippen LogP contribution < -0.4 is 10.6 Å². The van der Waals surface area contributed by atoms with Crippen molar-refractivity contribution in [3.8, 4) is 0 Å². The molecule has 0 saturated carbocycles. The number of likely N-dealkylation sites (N-methyl/N-ethyl adjacent to an activating group) is 1. The molecule has 0 bridgehead atoms. The minimum atomic E-state index is -0.691. The summed E-state index contributed by atoms with van der Waals surface area (Å²) in [7, 11) is 1.69. The van der Waals surface area contributed by atoms with E-state index in [1.54, 1.807) is 19.2 Å². The van der Waals surface area contributed by atoms with Crippen molar-refractivity contribution >= 4 is 41.3 Å². The van der Waals surface area contributed by atoms with Gasteiger partial charge in [-0.2, -0.15) is 0 Å². The van der Waals surface area contributed by atoms with E-state index in [2.05, 4.69) is 10.6 Å². The molecule has 0 saturated heterocycles. The first kappa shape index (κ1) is 15.7. The summed E-state index contributed by atoms with van der Waals surface area (Å²) in [5.41, 5.74) is 0. The fraction of sp³-hybridized carbons (Fsp3) is 0.444. The third kappa shape index (κ3) is 5.14. The molecule has 1 heterocycles. The normalized spacial score (nSPS) is 11.7. The highest BCUT2D eigenvalue weighted by molar-refractivity contribution is 7.16. The van der Waals surface area contributed by atoms with E-state index in [1.807, 2.05) is 0 Å². The molecule has 0 aliphatic carbocycles. The molecule has 92 valence electrons. The Morgan fingerprint density at radius 1 is 1.62 bits per heavy atom. The zero-order valence-electron chi connectivity index (χ0n) is 8.70. The average Bonchev–Trinajstić information content (AvgIpc) is 2.62. The summed E-state index contributed by atoms with van der Waals surface area (Å²) in [4.78, 5) is 11.8. The van der Waals surface area contributed by atoms with Crippen molar-refractivity contribution in [2.45, 2.75) is 6.10 Å². The summed E-state index contributed by atoms with van der Waals surface area (Å²) >= 11 is 7.04. The molecule has 0 aliphatic rings. The van der Waals surface area contributed by atoms with Crippen LogP contribution in [0.1, 0.15) is 11.0 Å². The Hall–Kier alpha value is -0.330. The minimum Gasteiger partial charge on any atom is -0.386 e. The van der Waals surface area contributed by atoms with Gasteiger partial charge in [-0.1, -0.05) is 11.6 Å². The van der Waals surface area contributed by atoms with Crippen LogP contribution in [0.25, 0.3) is 0 Å². The zero-order valence-corrected chi connectivity index (χ0v) is 11.1. The second-order valence-corrected chi connectivity index (χ2v) is 4.74. The highest BCUT2D eigenvalue weighted by Crippen LogP contribution is 2.26. The first-order valence-corrected chi connectivity index (χ1v) is 5.67. The van der Waals surface area contributed by atoms with Gasteiger partial charge in [-0.15, -0.1) is 23.7 Å². The van der Waals surface area contributed by atoms with Gasteiger partial charge in [0.2, 0.25) is 5.91 Å². The van der Waals surface area contributed by atoms with E-state index >= 15 is 0 Å². The van der Waals surface area contributed by atoms with Crippen LogP contribution in [0.3, 0.4) is 0 Å². The van der Waals surface area contributed by atoms with Gasteiger partial charge in [0.15, 0.2) is 0 Å². The second kappa shape index (κ2) is 7.86. The molecule has 16 heavy (non-hydrogen) atoms. The molecule has 1 aromatic heterocycles. The van der Waals surface area contributed by atoms with Crippen molar-refractivity contribution in [1.29, 1.82) is 0 Å². The third-order valence-electron chi connectivity index (χ3n) is 1.75. The van der Waals surface area contributed by atoms with Crippen molar-refractivity contribution in [1.82, 2.24) is 10.6 Å². The lowest BCUT2D eigenvalue weighted by molar-refractivity contribution is -0.120. The zero-order chi connectivity index (χ0) is 11.3. The Kier molecular flexibility index (Phi) is 7.70. The Labute approximate surface area is 109 Å². The summed E-state index contributed by atoms with van der Waals surface area (Å²) in [5.74, 6) is -0.140. The molecule has 0 aliphatic heterocycles. The lowest BCUT2D eigenvalue weighted by atomic mass is 10.3. The molecule has 0 aromatic carbocycles. The number of halogens is 2. The fourth-order valence-corrected chi connectivity index (χ4v) is 2.09. The molecule has 1 aromatic rings. The number of carbonyl (C=O) groups excluding carboxylic acids is 1. The summed E-state index contributed by atoms with van der Waals surface area (Å²) in [6.45, 7) is 0.454. The van der Waals surface area contributed by atoms with E-state index in [-0.39, 0.29) is 31.4 Å².